The third-order valence-corrected chi connectivity index (χ3v) is 5.46. The van der Waals surface area contributed by atoms with Gasteiger partial charge in [0, 0.05) is 25.9 Å². The maximum absolute atomic E-state index is 12.0. The number of fused-ring (bicyclic) bond motifs is 1. The minimum atomic E-state index is -0.319. The van der Waals surface area contributed by atoms with Gasteiger partial charge in [0.15, 0.2) is 0 Å². The van der Waals surface area contributed by atoms with E-state index in [4.69, 9.17) is 16.3 Å². The summed E-state index contributed by atoms with van der Waals surface area (Å²) in [7, 11) is 0. The molecule has 0 aliphatic carbocycles. The van der Waals surface area contributed by atoms with E-state index in [-0.39, 0.29) is 12.5 Å². The Labute approximate surface area is 160 Å². The fraction of sp³-hybridized carbons (Fsp3) is 0.211. The first kappa shape index (κ1) is 18.5. The molecule has 2 aromatic carbocycles. The Morgan fingerprint density at radius 1 is 1.23 bits per heavy atom. The summed E-state index contributed by atoms with van der Waals surface area (Å²) in [6, 6.07) is 12.8. The number of nitrogens with zero attached hydrogens (tertiary/aromatic N) is 2. The Morgan fingerprint density at radius 2 is 1.96 bits per heavy atom. The molecular formula is C19H17ClN2O3S. The number of nitroso groups, excluding NO2 is 1. The van der Waals surface area contributed by atoms with E-state index in [0.717, 1.165) is 26.4 Å². The van der Waals surface area contributed by atoms with Crippen molar-refractivity contribution in [2.45, 2.75) is 30.2 Å². The van der Waals surface area contributed by atoms with E-state index >= 15 is 0 Å². The number of hydrogen-bond acceptors (Lipinski definition) is 5. The summed E-state index contributed by atoms with van der Waals surface area (Å²) in [5, 5.41) is 4.57. The van der Waals surface area contributed by atoms with Crippen molar-refractivity contribution >= 4 is 45.9 Å². The van der Waals surface area contributed by atoms with Crippen LogP contribution in [0.25, 0.3) is 10.9 Å². The van der Waals surface area contributed by atoms with E-state index < -0.39 is 0 Å². The number of aromatic nitrogens is 1. The molecule has 0 saturated carbocycles. The van der Waals surface area contributed by atoms with Crippen LogP contribution in [-0.2, 0) is 16.1 Å². The van der Waals surface area contributed by atoms with Crippen molar-refractivity contribution < 1.29 is 9.53 Å². The van der Waals surface area contributed by atoms with Gasteiger partial charge < -0.3 is 9.30 Å². The van der Waals surface area contributed by atoms with Gasteiger partial charge in [0.1, 0.15) is 12.2 Å². The Hall–Kier alpha value is -2.31. The predicted octanol–water partition coefficient (Wildman–Crippen LogP) is 5.72. The van der Waals surface area contributed by atoms with Crippen molar-refractivity contribution in [1.82, 2.24) is 4.57 Å². The van der Waals surface area contributed by atoms with Gasteiger partial charge in [-0.05, 0) is 55.4 Å². The van der Waals surface area contributed by atoms with Gasteiger partial charge in [-0.15, -0.1) is 4.91 Å². The van der Waals surface area contributed by atoms with Crippen LogP contribution in [0.15, 0.2) is 57.4 Å². The summed E-state index contributed by atoms with van der Waals surface area (Å²) in [4.78, 5) is 25.2. The maximum Gasteiger partial charge on any atom is 0.325 e. The molecule has 0 bridgehead atoms. The summed E-state index contributed by atoms with van der Waals surface area (Å²) < 4.78 is 6.94. The molecular weight excluding hydrogens is 372 g/mol. The monoisotopic (exact) mass is 388 g/mol. The standard InChI is InChI=1S/C19H17ClN2O3S/c1-3-25-17(23)11-22-12(2)19(26-14-9-7-13(20)8-10-14)18-15(21-24)5-4-6-16(18)22/h4-10H,3,11H2,1-2H3. The molecule has 0 N–H and O–H groups in total. The molecule has 0 saturated heterocycles. The summed E-state index contributed by atoms with van der Waals surface area (Å²) in [5.74, 6) is -0.319. The van der Waals surface area contributed by atoms with Crippen LogP contribution in [0, 0.1) is 11.8 Å². The number of benzene rings is 2. The van der Waals surface area contributed by atoms with Gasteiger partial charge in [-0.25, -0.2) is 0 Å². The van der Waals surface area contributed by atoms with Crippen LogP contribution in [-0.4, -0.2) is 17.1 Å². The Kier molecular flexibility index (Phi) is 5.64. The van der Waals surface area contributed by atoms with Gasteiger partial charge >= 0.3 is 5.97 Å². The Bertz CT molecular complexity index is 967. The lowest BCUT2D eigenvalue weighted by atomic mass is 10.2. The van der Waals surface area contributed by atoms with Crippen LogP contribution in [0.1, 0.15) is 12.6 Å². The molecule has 26 heavy (non-hydrogen) atoms. The zero-order valence-corrected chi connectivity index (χ0v) is 15.9. The third-order valence-electron chi connectivity index (χ3n) is 4.00. The molecule has 134 valence electrons. The van der Waals surface area contributed by atoms with Gasteiger partial charge in [0.05, 0.1) is 12.1 Å². The molecule has 1 aromatic heterocycles. The lowest BCUT2D eigenvalue weighted by Gasteiger charge is -2.08. The summed E-state index contributed by atoms with van der Waals surface area (Å²) >= 11 is 7.47. The smallest absolute Gasteiger partial charge is 0.325 e. The molecule has 1 heterocycles. The molecule has 0 aliphatic heterocycles. The highest BCUT2D eigenvalue weighted by atomic mass is 35.5. The van der Waals surface area contributed by atoms with Crippen molar-refractivity contribution in [3.8, 4) is 0 Å². The van der Waals surface area contributed by atoms with Crippen molar-refractivity contribution in [1.29, 1.82) is 0 Å². The summed E-state index contributed by atoms with van der Waals surface area (Å²) in [5.41, 5.74) is 2.01. The first-order valence-corrected chi connectivity index (χ1v) is 9.28. The normalized spacial score (nSPS) is 10.9. The SMILES string of the molecule is CCOC(=O)Cn1c(C)c(Sc2ccc(Cl)cc2)c2c(N=O)cccc21. The van der Waals surface area contributed by atoms with Crippen LogP contribution in [0.5, 0.6) is 0 Å². The number of carbonyl (C=O) groups is 1. The highest BCUT2D eigenvalue weighted by molar-refractivity contribution is 7.99. The molecule has 0 radical (unpaired) electrons. The first-order chi connectivity index (χ1) is 12.5. The van der Waals surface area contributed by atoms with E-state index in [1.165, 1.54) is 11.8 Å². The predicted molar refractivity (Wildman–Crippen MR) is 104 cm³/mol. The number of esters is 1. The lowest BCUT2D eigenvalue weighted by molar-refractivity contribution is -0.143. The van der Waals surface area contributed by atoms with Crippen molar-refractivity contribution in [2.75, 3.05) is 6.61 Å². The third kappa shape index (κ3) is 3.61. The molecule has 7 heteroatoms. The average molecular weight is 389 g/mol. The molecule has 3 rings (SSSR count). The minimum absolute atomic E-state index is 0.0830. The molecule has 0 atom stereocenters. The van der Waals surface area contributed by atoms with E-state index in [0.29, 0.717) is 17.3 Å². The van der Waals surface area contributed by atoms with Crippen LogP contribution >= 0.6 is 23.4 Å². The minimum Gasteiger partial charge on any atom is -0.465 e. The van der Waals surface area contributed by atoms with Crippen LogP contribution in [0.4, 0.5) is 5.69 Å². The molecule has 0 fully saturated rings. The largest absolute Gasteiger partial charge is 0.465 e. The Morgan fingerprint density at radius 3 is 2.62 bits per heavy atom. The van der Waals surface area contributed by atoms with E-state index in [1.54, 1.807) is 19.1 Å². The second kappa shape index (κ2) is 7.93. The van der Waals surface area contributed by atoms with Crippen molar-refractivity contribution in [3.05, 3.63) is 58.1 Å². The van der Waals surface area contributed by atoms with E-state index in [1.807, 2.05) is 41.8 Å². The van der Waals surface area contributed by atoms with Gasteiger partial charge in [-0.2, -0.15) is 0 Å². The zero-order valence-electron chi connectivity index (χ0n) is 14.4. The highest BCUT2D eigenvalue weighted by Crippen LogP contribution is 2.42. The van der Waals surface area contributed by atoms with Gasteiger partial charge in [-0.1, -0.05) is 29.4 Å². The van der Waals surface area contributed by atoms with Crippen molar-refractivity contribution in [3.63, 3.8) is 0 Å². The van der Waals surface area contributed by atoms with E-state index in [2.05, 4.69) is 5.18 Å². The maximum atomic E-state index is 12.0. The van der Waals surface area contributed by atoms with E-state index in [9.17, 15) is 9.70 Å². The zero-order chi connectivity index (χ0) is 18.7. The topological polar surface area (TPSA) is 60.7 Å². The van der Waals surface area contributed by atoms with Gasteiger partial charge in [-0.3, -0.25) is 4.79 Å². The average Bonchev–Trinajstić information content (AvgIpc) is 2.89. The number of ether oxygens (including phenoxy) is 1. The number of carbonyl (C=O) groups excluding carboxylic acids is 1. The fourth-order valence-corrected chi connectivity index (χ4v) is 4.03. The Balaban J connectivity index is 2.14. The van der Waals surface area contributed by atoms with Crippen LogP contribution < -0.4 is 0 Å². The number of hydrogen-bond donors (Lipinski definition) is 0. The van der Waals surface area contributed by atoms with Gasteiger partial charge in [0.25, 0.3) is 0 Å². The fourth-order valence-electron chi connectivity index (χ4n) is 2.83. The van der Waals surface area contributed by atoms with Crippen LogP contribution in [0.2, 0.25) is 5.02 Å². The molecule has 0 aliphatic rings. The number of halogens is 1. The second-order valence-electron chi connectivity index (χ2n) is 5.62. The van der Waals surface area contributed by atoms with Gasteiger partial charge in [0.2, 0.25) is 0 Å². The summed E-state index contributed by atoms with van der Waals surface area (Å²) in [6.45, 7) is 4.10. The number of rotatable bonds is 6. The first-order valence-electron chi connectivity index (χ1n) is 8.09. The molecule has 3 aromatic rings. The molecule has 0 unspecified atom stereocenters. The lowest BCUT2D eigenvalue weighted by Crippen LogP contribution is -2.14. The molecule has 0 spiro atoms. The molecule has 0 amide bonds. The quantitative estimate of drug-likeness (QED) is 0.400. The molecule has 5 nitrogen and oxygen atoms in total. The highest BCUT2D eigenvalue weighted by Gasteiger charge is 2.20. The summed E-state index contributed by atoms with van der Waals surface area (Å²) in [6.07, 6.45) is 0. The second-order valence-corrected chi connectivity index (χ2v) is 7.14. The van der Waals surface area contributed by atoms with Crippen molar-refractivity contribution in [2.24, 2.45) is 5.18 Å². The van der Waals surface area contributed by atoms with Crippen LogP contribution in [0.3, 0.4) is 0 Å².